The molecule has 0 fully saturated rings. The molecule has 0 unspecified atom stereocenters. The predicted molar refractivity (Wildman–Crippen MR) is 80.4 cm³/mol. The van der Waals surface area contributed by atoms with E-state index in [0.717, 1.165) is 6.07 Å². The number of rotatable bonds is 4. The first-order valence-electron chi connectivity index (χ1n) is 5.39. The normalized spacial score (nSPS) is 9.76. The first kappa shape index (κ1) is 14.9. The highest BCUT2D eigenvalue weighted by atomic mass is 127. The van der Waals surface area contributed by atoms with E-state index >= 15 is 0 Å². The Balaban J connectivity index is 2.48. The van der Waals surface area contributed by atoms with Gasteiger partial charge in [0.25, 0.3) is 0 Å². The van der Waals surface area contributed by atoms with E-state index < -0.39 is 4.92 Å². The lowest BCUT2D eigenvalue weighted by molar-refractivity contribution is -0.385. The Kier molecular flexibility index (Phi) is 4.45. The largest absolute Gasteiger partial charge is 0.430 e. The van der Waals surface area contributed by atoms with Crippen molar-refractivity contribution in [2.45, 2.75) is 0 Å². The summed E-state index contributed by atoms with van der Waals surface area (Å²) in [5, 5.41) is 20.0. The molecule has 1 heterocycles. The number of nitriles is 1. The number of hydrogen-bond acceptors (Lipinski definition) is 8. The van der Waals surface area contributed by atoms with Crippen LogP contribution in [0.2, 0.25) is 0 Å². The quantitative estimate of drug-likeness (QED) is 0.345. The number of nitrogens with two attached hydrogens (primary N) is 1. The molecule has 0 amide bonds. The van der Waals surface area contributed by atoms with Gasteiger partial charge in [0.15, 0.2) is 0 Å². The lowest BCUT2D eigenvalue weighted by Crippen LogP contribution is -2.08. The monoisotopic (exact) mass is 398 g/mol. The average Bonchev–Trinajstić information content (AvgIpc) is 2.49. The van der Waals surface area contributed by atoms with Crippen molar-refractivity contribution < 1.29 is 9.66 Å². The molecule has 106 valence electrons. The molecular formula is C11H7IN6O3. The van der Waals surface area contributed by atoms with Gasteiger partial charge in [-0.05, 0) is 28.7 Å². The van der Waals surface area contributed by atoms with Crippen LogP contribution in [0, 0.1) is 25.0 Å². The minimum atomic E-state index is -0.623. The Morgan fingerprint density at radius 1 is 1.43 bits per heavy atom. The van der Waals surface area contributed by atoms with E-state index in [1.165, 1.54) is 18.5 Å². The maximum atomic E-state index is 11.1. The number of halogens is 1. The second-order valence-electron chi connectivity index (χ2n) is 3.66. The molecule has 3 N–H and O–H groups in total. The molecule has 2 aromatic rings. The van der Waals surface area contributed by atoms with E-state index in [1.54, 1.807) is 0 Å². The molecule has 0 bridgehead atoms. The molecule has 0 radical (unpaired) electrons. The van der Waals surface area contributed by atoms with Gasteiger partial charge in [-0.3, -0.25) is 10.1 Å². The number of nitro groups is 1. The van der Waals surface area contributed by atoms with Crippen molar-refractivity contribution in [2.24, 2.45) is 5.84 Å². The Hall–Kier alpha value is -2.52. The number of nitrogens with one attached hydrogen (secondary N) is 1. The maximum Gasteiger partial charge on any atom is 0.314 e. The van der Waals surface area contributed by atoms with Gasteiger partial charge >= 0.3 is 5.69 Å². The summed E-state index contributed by atoms with van der Waals surface area (Å²) in [5.74, 6) is 5.60. The van der Waals surface area contributed by atoms with Crippen LogP contribution in [0.1, 0.15) is 5.56 Å². The Morgan fingerprint density at radius 2 is 2.19 bits per heavy atom. The third-order valence-electron chi connectivity index (χ3n) is 2.35. The number of nitro benzene ring substituents is 1. The lowest BCUT2D eigenvalue weighted by Gasteiger charge is -2.08. The summed E-state index contributed by atoms with van der Waals surface area (Å²) in [6, 6.07) is 5.86. The third kappa shape index (κ3) is 3.33. The zero-order chi connectivity index (χ0) is 15.4. The highest BCUT2D eigenvalue weighted by Gasteiger charge is 2.21. The topological polar surface area (TPSA) is 140 Å². The fourth-order valence-corrected chi connectivity index (χ4v) is 2.18. The molecule has 0 aliphatic heterocycles. The number of anilines is 1. The minimum Gasteiger partial charge on any atom is -0.430 e. The number of nitrogen functional groups attached to an aromatic ring is 1. The van der Waals surface area contributed by atoms with Crippen LogP contribution in [0.4, 0.5) is 11.5 Å². The molecule has 2 rings (SSSR count). The van der Waals surface area contributed by atoms with Crippen molar-refractivity contribution in [3.63, 3.8) is 0 Å². The molecule has 0 spiro atoms. The first-order valence-corrected chi connectivity index (χ1v) is 6.47. The van der Waals surface area contributed by atoms with E-state index in [4.69, 9.17) is 15.8 Å². The van der Waals surface area contributed by atoms with Gasteiger partial charge in [0.1, 0.15) is 12.1 Å². The van der Waals surface area contributed by atoms with E-state index in [-0.39, 0.29) is 22.9 Å². The molecule has 0 atom stereocenters. The summed E-state index contributed by atoms with van der Waals surface area (Å²) in [5.41, 5.74) is 2.17. The van der Waals surface area contributed by atoms with E-state index in [0.29, 0.717) is 9.39 Å². The van der Waals surface area contributed by atoms with Crippen molar-refractivity contribution in [2.75, 3.05) is 5.43 Å². The number of aromatic nitrogens is 2. The molecule has 0 aliphatic carbocycles. The van der Waals surface area contributed by atoms with E-state index in [9.17, 15) is 10.1 Å². The minimum absolute atomic E-state index is 0.00118. The Labute approximate surface area is 132 Å². The fourth-order valence-electron chi connectivity index (χ4n) is 1.46. The van der Waals surface area contributed by atoms with Crippen LogP contribution in [0.25, 0.3) is 0 Å². The van der Waals surface area contributed by atoms with Gasteiger partial charge in [-0.2, -0.15) is 5.26 Å². The smallest absolute Gasteiger partial charge is 0.314 e. The summed E-state index contributed by atoms with van der Waals surface area (Å²) in [4.78, 5) is 18.1. The second kappa shape index (κ2) is 6.29. The van der Waals surface area contributed by atoms with Crippen molar-refractivity contribution in [3.8, 4) is 17.7 Å². The molecule has 10 heteroatoms. The van der Waals surface area contributed by atoms with Crippen molar-refractivity contribution >= 4 is 34.1 Å². The molecule has 1 aromatic heterocycles. The predicted octanol–water partition coefficient (Wildman–Crippen LogP) is 1.94. The van der Waals surface area contributed by atoms with Gasteiger partial charge in [-0.1, -0.05) is 0 Å². The second-order valence-corrected chi connectivity index (χ2v) is 4.83. The molecule has 0 saturated carbocycles. The number of hydrazine groups is 1. The van der Waals surface area contributed by atoms with Gasteiger partial charge < -0.3 is 10.2 Å². The van der Waals surface area contributed by atoms with Crippen LogP contribution in [0.15, 0.2) is 24.5 Å². The van der Waals surface area contributed by atoms with Gasteiger partial charge in [0.05, 0.1) is 20.1 Å². The standard InChI is InChI=1S/C11H7IN6O3/c12-7-1-6(4-13)2-8(18(19)20)11(7)21-10-3-9(17-14)15-5-16-10/h1-3,5H,14H2,(H,15,16,17). The molecule has 9 nitrogen and oxygen atoms in total. The summed E-state index contributed by atoms with van der Waals surface area (Å²) < 4.78 is 5.85. The van der Waals surface area contributed by atoms with Crippen LogP contribution >= 0.6 is 22.6 Å². The third-order valence-corrected chi connectivity index (χ3v) is 3.15. The average molecular weight is 398 g/mol. The van der Waals surface area contributed by atoms with Crippen LogP contribution in [0.5, 0.6) is 11.6 Å². The van der Waals surface area contributed by atoms with Gasteiger partial charge in [-0.15, -0.1) is 0 Å². The zero-order valence-electron chi connectivity index (χ0n) is 10.3. The van der Waals surface area contributed by atoms with Crippen molar-refractivity contribution in [1.82, 2.24) is 9.97 Å². The maximum absolute atomic E-state index is 11.1. The molecule has 0 aliphatic rings. The van der Waals surface area contributed by atoms with Crippen LogP contribution < -0.4 is 16.0 Å². The van der Waals surface area contributed by atoms with Crippen molar-refractivity contribution in [3.05, 3.63) is 43.8 Å². The molecule has 1 aromatic carbocycles. The SMILES string of the molecule is N#Cc1cc(I)c(Oc2cc(NN)ncn2)c([N+](=O)[O-])c1. The van der Waals surface area contributed by atoms with E-state index in [2.05, 4.69) is 15.4 Å². The van der Waals surface area contributed by atoms with E-state index in [1.807, 2.05) is 28.7 Å². The summed E-state index contributed by atoms with van der Waals surface area (Å²) in [6.45, 7) is 0. The van der Waals surface area contributed by atoms with Crippen LogP contribution in [0.3, 0.4) is 0 Å². The number of hydrogen-bond donors (Lipinski definition) is 2. The molecular weight excluding hydrogens is 391 g/mol. The lowest BCUT2D eigenvalue weighted by atomic mass is 10.2. The van der Waals surface area contributed by atoms with Crippen LogP contribution in [-0.4, -0.2) is 14.9 Å². The highest BCUT2D eigenvalue weighted by molar-refractivity contribution is 14.1. The zero-order valence-corrected chi connectivity index (χ0v) is 12.4. The first-order chi connectivity index (χ1) is 10.0. The van der Waals surface area contributed by atoms with Gasteiger partial charge in [0.2, 0.25) is 11.6 Å². The summed E-state index contributed by atoms with van der Waals surface area (Å²) >= 11 is 1.85. The Bertz CT molecular complexity index is 745. The van der Waals surface area contributed by atoms with Gasteiger partial charge in [-0.25, -0.2) is 15.8 Å². The molecule has 0 saturated heterocycles. The number of benzene rings is 1. The Morgan fingerprint density at radius 3 is 2.81 bits per heavy atom. The van der Waals surface area contributed by atoms with Gasteiger partial charge in [0, 0.05) is 12.1 Å². The highest BCUT2D eigenvalue weighted by Crippen LogP contribution is 2.36. The van der Waals surface area contributed by atoms with Crippen LogP contribution in [-0.2, 0) is 0 Å². The number of ether oxygens (including phenoxy) is 1. The molecule has 21 heavy (non-hydrogen) atoms. The fraction of sp³-hybridized carbons (Fsp3) is 0. The summed E-state index contributed by atoms with van der Waals surface area (Å²) in [7, 11) is 0. The number of nitrogens with zero attached hydrogens (tertiary/aromatic N) is 4. The van der Waals surface area contributed by atoms with Crippen molar-refractivity contribution in [1.29, 1.82) is 5.26 Å². The summed E-state index contributed by atoms with van der Waals surface area (Å²) in [6.07, 6.45) is 1.20.